The van der Waals surface area contributed by atoms with Gasteiger partial charge in [-0.15, -0.1) is 0 Å². The smallest absolute Gasteiger partial charge is 0.295 e. The topological polar surface area (TPSA) is 83.2 Å². The fraction of sp³-hybridized carbons (Fsp3) is 0.364. The summed E-state index contributed by atoms with van der Waals surface area (Å²) in [6, 6.07) is 9.40. The van der Waals surface area contributed by atoms with Gasteiger partial charge in [-0.2, -0.15) is 0 Å². The number of benzene rings is 1. The first-order chi connectivity index (χ1) is 13.8. The lowest BCUT2D eigenvalue weighted by Gasteiger charge is -2.24. The number of aliphatic hydroxyl groups is 1. The number of ether oxygens (including phenoxy) is 1. The van der Waals surface area contributed by atoms with E-state index in [1.807, 2.05) is 32.8 Å². The molecule has 1 aromatic carbocycles. The molecule has 0 saturated carbocycles. The molecule has 1 aliphatic heterocycles. The maximum atomic E-state index is 12.8. The van der Waals surface area contributed by atoms with Crippen molar-refractivity contribution in [3.05, 3.63) is 59.6 Å². The van der Waals surface area contributed by atoms with E-state index in [2.05, 4.69) is 0 Å². The van der Waals surface area contributed by atoms with Gasteiger partial charge < -0.3 is 24.1 Å². The van der Waals surface area contributed by atoms with Crippen LogP contribution in [0.2, 0.25) is 0 Å². The summed E-state index contributed by atoms with van der Waals surface area (Å²) in [7, 11) is 3.78. The Morgan fingerprint density at radius 1 is 1.21 bits per heavy atom. The third-order valence-corrected chi connectivity index (χ3v) is 4.64. The summed E-state index contributed by atoms with van der Waals surface area (Å²) in [6.07, 6.45) is 1.51. The minimum absolute atomic E-state index is 0.0235. The quantitative estimate of drug-likeness (QED) is 0.438. The van der Waals surface area contributed by atoms with Gasteiger partial charge >= 0.3 is 0 Å². The van der Waals surface area contributed by atoms with Gasteiger partial charge in [-0.3, -0.25) is 9.59 Å². The van der Waals surface area contributed by atoms with Crippen molar-refractivity contribution in [1.82, 2.24) is 9.80 Å². The number of nitrogens with zero attached hydrogens (tertiary/aromatic N) is 2. The lowest BCUT2D eigenvalue weighted by molar-refractivity contribution is -0.140. The summed E-state index contributed by atoms with van der Waals surface area (Å²) in [5.74, 6) is -0.497. The lowest BCUT2D eigenvalue weighted by atomic mass is 9.99. The van der Waals surface area contributed by atoms with Crippen LogP contribution in [0.15, 0.2) is 52.7 Å². The van der Waals surface area contributed by atoms with Crippen molar-refractivity contribution in [3.8, 4) is 5.75 Å². The van der Waals surface area contributed by atoms with Crippen LogP contribution in [0.1, 0.15) is 31.2 Å². The van der Waals surface area contributed by atoms with Gasteiger partial charge in [0.1, 0.15) is 23.3 Å². The monoisotopic (exact) mass is 398 g/mol. The first-order valence-corrected chi connectivity index (χ1v) is 9.53. The number of likely N-dealkylation sites (tertiary alicyclic amines) is 1. The Morgan fingerprint density at radius 3 is 2.45 bits per heavy atom. The molecule has 1 fully saturated rings. The SMILES string of the molecule is CC(C)Oc1ccc(C(O)=C2C(=O)C(=O)N(CCN(C)C)[C@H]2c2ccco2)cc1. The number of hydrogen-bond acceptors (Lipinski definition) is 6. The molecular formula is C22H26N2O5. The summed E-state index contributed by atoms with van der Waals surface area (Å²) < 4.78 is 11.1. The van der Waals surface area contributed by atoms with Crippen LogP contribution >= 0.6 is 0 Å². The summed E-state index contributed by atoms with van der Waals surface area (Å²) in [4.78, 5) is 28.9. The number of carbonyl (C=O) groups excluding carboxylic acids is 2. The van der Waals surface area contributed by atoms with Crippen molar-refractivity contribution in [2.75, 3.05) is 27.2 Å². The van der Waals surface area contributed by atoms with E-state index in [0.29, 0.717) is 30.2 Å². The second kappa shape index (κ2) is 8.53. The van der Waals surface area contributed by atoms with Crippen LogP contribution in [0.5, 0.6) is 5.75 Å². The molecule has 0 aliphatic carbocycles. The van der Waals surface area contributed by atoms with Crippen molar-refractivity contribution in [1.29, 1.82) is 0 Å². The number of hydrogen-bond donors (Lipinski definition) is 1. The van der Waals surface area contributed by atoms with Crippen molar-refractivity contribution < 1.29 is 23.8 Å². The largest absolute Gasteiger partial charge is 0.507 e. The minimum Gasteiger partial charge on any atom is -0.507 e. The molecule has 154 valence electrons. The molecular weight excluding hydrogens is 372 g/mol. The standard InChI is InChI=1S/C22H26N2O5/c1-14(2)29-16-9-7-15(8-10-16)20(25)18-19(17-6-5-13-28-17)24(12-11-23(3)4)22(27)21(18)26/h5-10,13-14,19,25H,11-12H2,1-4H3/t19-/m0/s1. The first-order valence-electron chi connectivity index (χ1n) is 9.53. The third kappa shape index (κ3) is 4.35. The Hall–Kier alpha value is -3.06. The summed E-state index contributed by atoms with van der Waals surface area (Å²) in [5, 5.41) is 10.9. The number of carbonyl (C=O) groups is 2. The van der Waals surface area contributed by atoms with E-state index in [1.165, 1.54) is 11.2 Å². The van der Waals surface area contributed by atoms with Crippen LogP contribution in [-0.4, -0.2) is 59.9 Å². The van der Waals surface area contributed by atoms with Gasteiger partial charge in [-0.05, 0) is 64.3 Å². The van der Waals surface area contributed by atoms with Crippen LogP contribution in [0.3, 0.4) is 0 Å². The van der Waals surface area contributed by atoms with E-state index >= 15 is 0 Å². The number of aliphatic hydroxyl groups excluding tert-OH is 1. The van der Waals surface area contributed by atoms with E-state index in [9.17, 15) is 14.7 Å². The van der Waals surface area contributed by atoms with Crippen molar-refractivity contribution in [2.45, 2.75) is 26.0 Å². The van der Waals surface area contributed by atoms with Gasteiger partial charge in [0.25, 0.3) is 11.7 Å². The number of Topliss-reactive ketones (excluding diaryl/α,β-unsaturated/α-hetero) is 1. The molecule has 0 bridgehead atoms. The second-order valence-corrected chi connectivity index (χ2v) is 7.50. The fourth-order valence-corrected chi connectivity index (χ4v) is 3.28. The highest BCUT2D eigenvalue weighted by Gasteiger charge is 2.47. The number of furan rings is 1. The Kier molecular flexibility index (Phi) is 6.08. The van der Waals surface area contributed by atoms with Gasteiger partial charge in [0.15, 0.2) is 0 Å². The Bertz CT molecular complexity index is 898. The van der Waals surface area contributed by atoms with Gasteiger partial charge in [0.05, 0.1) is 17.9 Å². The molecule has 0 spiro atoms. The van der Waals surface area contributed by atoms with Crippen LogP contribution in [-0.2, 0) is 9.59 Å². The predicted octanol–water partition coefficient (Wildman–Crippen LogP) is 3.05. The zero-order chi connectivity index (χ0) is 21.1. The second-order valence-electron chi connectivity index (χ2n) is 7.50. The van der Waals surface area contributed by atoms with E-state index < -0.39 is 17.7 Å². The molecule has 2 heterocycles. The number of amides is 1. The highest BCUT2D eigenvalue weighted by Crippen LogP contribution is 2.39. The fourth-order valence-electron chi connectivity index (χ4n) is 3.28. The zero-order valence-electron chi connectivity index (χ0n) is 17.1. The Morgan fingerprint density at radius 2 is 1.90 bits per heavy atom. The van der Waals surface area contributed by atoms with Crippen molar-refractivity contribution in [3.63, 3.8) is 0 Å². The molecule has 1 amide bonds. The first kappa shape index (κ1) is 20.7. The molecule has 29 heavy (non-hydrogen) atoms. The molecule has 1 saturated heterocycles. The van der Waals surface area contributed by atoms with Gasteiger partial charge in [0, 0.05) is 18.7 Å². The van der Waals surface area contributed by atoms with Crippen molar-refractivity contribution in [2.24, 2.45) is 0 Å². The molecule has 1 aliphatic rings. The maximum absolute atomic E-state index is 12.8. The summed E-state index contributed by atoms with van der Waals surface area (Å²) in [5.41, 5.74) is 0.463. The molecule has 0 unspecified atom stereocenters. The van der Waals surface area contributed by atoms with E-state index in [-0.39, 0.29) is 17.4 Å². The normalized spacial score (nSPS) is 18.8. The highest BCUT2D eigenvalue weighted by molar-refractivity contribution is 6.46. The van der Waals surface area contributed by atoms with Crippen LogP contribution < -0.4 is 4.74 Å². The molecule has 0 radical (unpaired) electrons. The Labute approximate surface area is 170 Å². The molecule has 1 N–H and O–H groups in total. The van der Waals surface area contributed by atoms with Crippen LogP contribution in [0.4, 0.5) is 0 Å². The molecule has 7 nitrogen and oxygen atoms in total. The van der Waals surface area contributed by atoms with Crippen LogP contribution in [0.25, 0.3) is 5.76 Å². The minimum atomic E-state index is -0.767. The molecule has 1 aromatic heterocycles. The Balaban J connectivity index is 2.02. The predicted molar refractivity (Wildman–Crippen MR) is 108 cm³/mol. The van der Waals surface area contributed by atoms with Gasteiger partial charge in [0.2, 0.25) is 0 Å². The lowest BCUT2D eigenvalue weighted by Crippen LogP contribution is -2.35. The maximum Gasteiger partial charge on any atom is 0.295 e. The zero-order valence-corrected chi connectivity index (χ0v) is 17.1. The molecule has 3 rings (SSSR count). The van der Waals surface area contributed by atoms with E-state index in [4.69, 9.17) is 9.15 Å². The van der Waals surface area contributed by atoms with Crippen molar-refractivity contribution >= 4 is 17.4 Å². The average Bonchev–Trinajstić information content (AvgIpc) is 3.27. The number of rotatable bonds is 7. The van der Waals surface area contributed by atoms with Gasteiger partial charge in [-0.25, -0.2) is 0 Å². The molecule has 7 heteroatoms. The van der Waals surface area contributed by atoms with Crippen LogP contribution in [0, 0.1) is 0 Å². The number of likely N-dealkylation sites (N-methyl/N-ethyl adjacent to an activating group) is 1. The molecule has 2 aromatic rings. The van der Waals surface area contributed by atoms with E-state index in [1.54, 1.807) is 36.4 Å². The number of ketones is 1. The highest BCUT2D eigenvalue weighted by atomic mass is 16.5. The van der Waals surface area contributed by atoms with Gasteiger partial charge in [-0.1, -0.05) is 0 Å². The molecule has 1 atom stereocenters. The average molecular weight is 398 g/mol. The third-order valence-electron chi connectivity index (χ3n) is 4.64. The summed E-state index contributed by atoms with van der Waals surface area (Å²) >= 11 is 0. The van der Waals surface area contributed by atoms with E-state index in [0.717, 1.165) is 0 Å². The summed E-state index contributed by atoms with van der Waals surface area (Å²) in [6.45, 7) is 4.76.